The van der Waals surface area contributed by atoms with E-state index < -0.39 is 23.4 Å². The molecule has 0 radical (unpaired) electrons. The Morgan fingerprint density at radius 1 is 1.32 bits per heavy atom. The number of alkyl halides is 3. The SMILES string of the molecule is CC(CN)c1ccc(C(F)(F)F)cc1NC(=O)OC(C)(C)C. The number of ether oxygens (including phenoxy) is 1. The van der Waals surface area contributed by atoms with Crippen molar-refractivity contribution in [1.29, 1.82) is 0 Å². The number of carbonyl (C=O) groups excluding carboxylic acids is 1. The minimum absolute atomic E-state index is 0.0574. The van der Waals surface area contributed by atoms with Gasteiger partial charge in [0.25, 0.3) is 0 Å². The zero-order valence-electron chi connectivity index (χ0n) is 13.0. The highest BCUT2D eigenvalue weighted by atomic mass is 19.4. The van der Waals surface area contributed by atoms with Crippen LogP contribution in [0.2, 0.25) is 0 Å². The largest absolute Gasteiger partial charge is 0.444 e. The first-order valence-corrected chi connectivity index (χ1v) is 6.85. The fourth-order valence-corrected chi connectivity index (χ4v) is 1.81. The van der Waals surface area contributed by atoms with Crippen molar-refractivity contribution >= 4 is 11.8 Å². The number of nitrogens with two attached hydrogens (primary N) is 1. The Bertz CT molecular complexity index is 537. The summed E-state index contributed by atoms with van der Waals surface area (Å²) in [6.45, 7) is 7.02. The standard InChI is InChI=1S/C15H21F3N2O2/c1-9(8-19)11-6-5-10(15(16,17)18)7-12(11)20-13(21)22-14(2,3)4/h5-7,9H,8,19H2,1-4H3,(H,20,21). The van der Waals surface area contributed by atoms with E-state index in [-0.39, 0.29) is 18.2 Å². The second-order valence-electron chi connectivity index (χ2n) is 6.06. The van der Waals surface area contributed by atoms with Crippen molar-refractivity contribution in [3.63, 3.8) is 0 Å². The van der Waals surface area contributed by atoms with Crippen molar-refractivity contribution in [2.75, 3.05) is 11.9 Å². The van der Waals surface area contributed by atoms with E-state index in [1.165, 1.54) is 6.07 Å². The second kappa shape index (κ2) is 6.56. The van der Waals surface area contributed by atoms with Gasteiger partial charge in [-0.05, 0) is 50.9 Å². The molecule has 22 heavy (non-hydrogen) atoms. The van der Waals surface area contributed by atoms with E-state index in [9.17, 15) is 18.0 Å². The molecule has 1 atom stereocenters. The van der Waals surface area contributed by atoms with Crippen molar-refractivity contribution in [2.45, 2.75) is 45.4 Å². The lowest BCUT2D eigenvalue weighted by molar-refractivity contribution is -0.137. The van der Waals surface area contributed by atoms with Gasteiger partial charge in [0.05, 0.1) is 5.56 Å². The molecule has 0 aliphatic rings. The summed E-state index contributed by atoms with van der Waals surface area (Å²) in [4.78, 5) is 11.8. The first kappa shape index (κ1) is 18.3. The zero-order chi connectivity index (χ0) is 17.1. The highest BCUT2D eigenvalue weighted by Gasteiger charge is 2.31. The number of anilines is 1. The molecule has 1 amide bonds. The molecule has 0 saturated heterocycles. The number of benzene rings is 1. The summed E-state index contributed by atoms with van der Waals surface area (Å²) < 4.78 is 43.5. The van der Waals surface area contributed by atoms with Crippen LogP contribution in [0.4, 0.5) is 23.7 Å². The summed E-state index contributed by atoms with van der Waals surface area (Å²) in [7, 11) is 0. The molecule has 3 N–H and O–H groups in total. The minimum Gasteiger partial charge on any atom is -0.444 e. The first-order chi connectivity index (χ1) is 9.94. The molecule has 0 bridgehead atoms. The van der Waals surface area contributed by atoms with Crippen LogP contribution in [0.25, 0.3) is 0 Å². The van der Waals surface area contributed by atoms with Crippen LogP contribution in [0.1, 0.15) is 44.7 Å². The number of hydrogen-bond donors (Lipinski definition) is 2. The smallest absolute Gasteiger partial charge is 0.416 e. The third-order valence-electron chi connectivity index (χ3n) is 2.90. The van der Waals surface area contributed by atoms with Crippen LogP contribution in [0, 0.1) is 0 Å². The Hall–Kier alpha value is -1.76. The van der Waals surface area contributed by atoms with Gasteiger partial charge in [0.2, 0.25) is 0 Å². The van der Waals surface area contributed by atoms with E-state index in [4.69, 9.17) is 10.5 Å². The minimum atomic E-state index is -4.49. The second-order valence-corrected chi connectivity index (χ2v) is 6.06. The third-order valence-corrected chi connectivity index (χ3v) is 2.90. The molecule has 7 heteroatoms. The van der Waals surface area contributed by atoms with E-state index >= 15 is 0 Å². The average molecular weight is 318 g/mol. The van der Waals surface area contributed by atoms with E-state index in [0.717, 1.165) is 12.1 Å². The van der Waals surface area contributed by atoms with Crippen LogP contribution in [0.3, 0.4) is 0 Å². The van der Waals surface area contributed by atoms with Crippen molar-refractivity contribution in [1.82, 2.24) is 0 Å². The predicted octanol–water partition coefficient (Wildman–Crippen LogP) is 4.11. The number of amides is 1. The molecule has 1 rings (SSSR count). The van der Waals surface area contributed by atoms with Gasteiger partial charge in [-0.15, -0.1) is 0 Å². The van der Waals surface area contributed by atoms with Crippen LogP contribution >= 0.6 is 0 Å². The van der Waals surface area contributed by atoms with Gasteiger partial charge in [-0.3, -0.25) is 5.32 Å². The number of carbonyl (C=O) groups is 1. The molecule has 0 heterocycles. The quantitative estimate of drug-likeness (QED) is 0.881. The lowest BCUT2D eigenvalue weighted by atomic mass is 9.97. The summed E-state index contributed by atoms with van der Waals surface area (Å²) in [5.41, 5.74) is 4.56. The molecule has 0 spiro atoms. The normalized spacial score (nSPS) is 13.6. The Morgan fingerprint density at radius 2 is 1.91 bits per heavy atom. The van der Waals surface area contributed by atoms with Crippen LogP contribution in [-0.4, -0.2) is 18.2 Å². The maximum Gasteiger partial charge on any atom is 0.416 e. The third kappa shape index (κ3) is 5.22. The molecule has 1 aromatic rings. The van der Waals surface area contributed by atoms with Gasteiger partial charge in [0, 0.05) is 5.69 Å². The lowest BCUT2D eigenvalue weighted by Crippen LogP contribution is -2.28. The molecule has 1 unspecified atom stereocenters. The molecule has 0 saturated carbocycles. The molecule has 1 aromatic carbocycles. The van der Waals surface area contributed by atoms with Gasteiger partial charge in [-0.25, -0.2) is 4.79 Å². The van der Waals surface area contributed by atoms with E-state index in [2.05, 4.69) is 5.32 Å². The summed E-state index contributed by atoms with van der Waals surface area (Å²) >= 11 is 0. The molecular formula is C15H21F3N2O2. The number of hydrogen-bond acceptors (Lipinski definition) is 3. The predicted molar refractivity (Wildman–Crippen MR) is 78.8 cm³/mol. The first-order valence-electron chi connectivity index (χ1n) is 6.85. The Kier molecular flexibility index (Phi) is 5.45. The Labute approximate surface area is 127 Å². The van der Waals surface area contributed by atoms with Crippen molar-refractivity contribution in [3.05, 3.63) is 29.3 Å². The van der Waals surface area contributed by atoms with Crippen molar-refractivity contribution in [2.24, 2.45) is 5.73 Å². The maximum absolute atomic E-state index is 12.8. The summed E-state index contributed by atoms with van der Waals surface area (Å²) in [5, 5.41) is 2.38. The van der Waals surface area contributed by atoms with Gasteiger partial charge in [0.1, 0.15) is 5.60 Å². The summed E-state index contributed by atoms with van der Waals surface area (Å²) in [5.74, 6) is -0.202. The zero-order valence-corrected chi connectivity index (χ0v) is 13.0. The van der Waals surface area contributed by atoms with Gasteiger partial charge >= 0.3 is 12.3 Å². The fraction of sp³-hybridized carbons (Fsp3) is 0.533. The molecule has 0 aliphatic heterocycles. The molecule has 0 fully saturated rings. The van der Waals surface area contributed by atoms with Crippen LogP contribution in [0.5, 0.6) is 0 Å². The molecular weight excluding hydrogens is 297 g/mol. The average Bonchev–Trinajstić information content (AvgIpc) is 2.34. The van der Waals surface area contributed by atoms with E-state index in [1.54, 1.807) is 27.7 Å². The number of halogens is 3. The highest BCUT2D eigenvalue weighted by Crippen LogP contribution is 2.34. The molecule has 4 nitrogen and oxygen atoms in total. The van der Waals surface area contributed by atoms with Gasteiger partial charge in [0.15, 0.2) is 0 Å². The molecule has 0 aliphatic carbocycles. The molecule has 0 aromatic heterocycles. The fourth-order valence-electron chi connectivity index (χ4n) is 1.81. The monoisotopic (exact) mass is 318 g/mol. The topological polar surface area (TPSA) is 64.3 Å². The van der Waals surface area contributed by atoms with Crippen LogP contribution in [-0.2, 0) is 10.9 Å². The summed E-state index contributed by atoms with van der Waals surface area (Å²) in [6, 6.07) is 3.19. The van der Waals surface area contributed by atoms with Crippen molar-refractivity contribution in [3.8, 4) is 0 Å². The highest BCUT2D eigenvalue weighted by molar-refractivity contribution is 5.86. The van der Waals surface area contributed by atoms with Crippen LogP contribution < -0.4 is 11.1 Å². The van der Waals surface area contributed by atoms with E-state index in [0.29, 0.717) is 5.56 Å². The summed E-state index contributed by atoms with van der Waals surface area (Å²) in [6.07, 6.45) is -5.30. The Balaban J connectivity index is 3.14. The van der Waals surface area contributed by atoms with Gasteiger partial charge in [-0.1, -0.05) is 13.0 Å². The lowest BCUT2D eigenvalue weighted by Gasteiger charge is -2.22. The number of nitrogens with one attached hydrogen (secondary N) is 1. The van der Waals surface area contributed by atoms with Gasteiger partial charge in [-0.2, -0.15) is 13.2 Å². The maximum atomic E-state index is 12.8. The molecule has 124 valence electrons. The Morgan fingerprint density at radius 3 is 2.36 bits per heavy atom. The van der Waals surface area contributed by atoms with E-state index in [1.807, 2.05) is 0 Å². The van der Waals surface area contributed by atoms with Crippen LogP contribution in [0.15, 0.2) is 18.2 Å². The van der Waals surface area contributed by atoms with Gasteiger partial charge < -0.3 is 10.5 Å². The van der Waals surface area contributed by atoms with Crippen molar-refractivity contribution < 1.29 is 22.7 Å². The number of rotatable bonds is 3.